The Morgan fingerprint density at radius 1 is 0.967 bits per heavy atom. The predicted octanol–water partition coefficient (Wildman–Crippen LogP) is -2.73. The number of rotatable bonds is 14. The Morgan fingerprint density at radius 3 is 2.03 bits per heavy atom. The molecule has 5 atom stereocenters. The first kappa shape index (κ1) is 27.6. The van der Waals surface area contributed by atoms with E-state index in [4.69, 9.17) is 16.6 Å². The van der Waals surface area contributed by atoms with E-state index in [9.17, 15) is 29.1 Å². The fourth-order valence-electron chi connectivity index (χ4n) is 2.26. The third kappa shape index (κ3) is 10.4. The molecule has 0 saturated carbocycles. The van der Waals surface area contributed by atoms with Crippen LogP contribution in [0.5, 0.6) is 0 Å². The molecule has 0 fully saturated rings. The molecule has 0 aromatic rings. The molecule has 0 saturated heterocycles. The first-order chi connectivity index (χ1) is 13.9. The minimum Gasteiger partial charge on any atom is -0.480 e. The minimum absolute atomic E-state index is 0.109. The number of hydrogen-bond donors (Lipinski definition) is 7. The van der Waals surface area contributed by atoms with E-state index in [0.717, 1.165) is 0 Å². The molecule has 0 radical (unpaired) electrons. The van der Waals surface area contributed by atoms with Crippen LogP contribution >= 0.6 is 11.8 Å². The number of aliphatic carboxylic acids is 1. The van der Waals surface area contributed by atoms with E-state index in [0.29, 0.717) is 12.2 Å². The number of hydrogen-bond acceptors (Lipinski definition) is 8. The Kier molecular flexibility index (Phi) is 12.7. The van der Waals surface area contributed by atoms with Crippen LogP contribution in [-0.2, 0) is 24.0 Å². The molecule has 0 aliphatic rings. The quantitative estimate of drug-likeness (QED) is 0.146. The van der Waals surface area contributed by atoms with Crippen LogP contribution < -0.4 is 27.4 Å². The highest BCUT2D eigenvalue weighted by Crippen LogP contribution is 2.03. The van der Waals surface area contributed by atoms with Crippen molar-refractivity contribution in [3.8, 4) is 0 Å². The summed E-state index contributed by atoms with van der Waals surface area (Å²) in [5, 5.41) is 25.3. The molecule has 0 aliphatic carbocycles. The topological polar surface area (TPSA) is 214 Å². The van der Waals surface area contributed by atoms with E-state index in [1.807, 2.05) is 6.26 Å². The van der Waals surface area contributed by atoms with E-state index in [1.165, 1.54) is 25.6 Å². The van der Waals surface area contributed by atoms with Gasteiger partial charge in [0.15, 0.2) is 6.04 Å². The van der Waals surface area contributed by atoms with E-state index in [-0.39, 0.29) is 12.8 Å². The number of carboxylic acids is 1. The van der Waals surface area contributed by atoms with Crippen molar-refractivity contribution in [2.45, 2.75) is 63.4 Å². The maximum atomic E-state index is 12.5. The van der Waals surface area contributed by atoms with Crippen LogP contribution in [0.2, 0.25) is 0 Å². The highest BCUT2D eigenvalue weighted by molar-refractivity contribution is 7.98. The van der Waals surface area contributed by atoms with Gasteiger partial charge in [0.2, 0.25) is 23.6 Å². The largest absolute Gasteiger partial charge is 0.480 e. The van der Waals surface area contributed by atoms with Gasteiger partial charge in [0, 0.05) is 6.42 Å². The fourth-order valence-corrected chi connectivity index (χ4v) is 2.75. The molecule has 0 spiro atoms. The normalized spacial score (nSPS) is 15.8. The summed E-state index contributed by atoms with van der Waals surface area (Å²) in [5.74, 6) is -3.70. The smallest absolute Gasteiger partial charge is 0.328 e. The Balaban J connectivity index is 5.08. The molecule has 0 rings (SSSR count). The SMILES string of the molecule is CSCCC(N)C(=O)NC(CCC(N)=O)C(=O)NC(C)C(=O)NC(C(=O)O)C(C)O. The number of carbonyl (C=O) groups excluding carboxylic acids is 4. The van der Waals surface area contributed by atoms with Gasteiger partial charge in [-0.3, -0.25) is 19.2 Å². The van der Waals surface area contributed by atoms with Crippen molar-refractivity contribution in [2.24, 2.45) is 11.5 Å². The molecule has 0 aromatic carbocycles. The van der Waals surface area contributed by atoms with Crippen molar-refractivity contribution in [1.82, 2.24) is 16.0 Å². The summed E-state index contributed by atoms with van der Waals surface area (Å²) in [7, 11) is 0. The number of amides is 4. The highest BCUT2D eigenvalue weighted by Gasteiger charge is 2.30. The lowest BCUT2D eigenvalue weighted by atomic mass is 10.1. The Morgan fingerprint density at radius 2 is 1.57 bits per heavy atom. The van der Waals surface area contributed by atoms with E-state index < -0.39 is 59.9 Å². The van der Waals surface area contributed by atoms with Crippen LogP contribution in [0, 0.1) is 0 Å². The molecule has 9 N–H and O–H groups in total. The maximum absolute atomic E-state index is 12.5. The van der Waals surface area contributed by atoms with E-state index in [1.54, 1.807) is 0 Å². The maximum Gasteiger partial charge on any atom is 0.328 e. The second-order valence-electron chi connectivity index (χ2n) is 6.75. The Labute approximate surface area is 178 Å². The van der Waals surface area contributed by atoms with Crippen LogP contribution in [0.25, 0.3) is 0 Å². The molecule has 12 nitrogen and oxygen atoms in total. The van der Waals surface area contributed by atoms with Crippen molar-refractivity contribution in [3.63, 3.8) is 0 Å². The molecule has 0 aromatic heterocycles. The summed E-state index contributed by atoms with van der Waals surface area (Å²) in [6, 6.07) is -4.77. The van der Waals surface area contributed by atoms with Crippen molar-refractivity contribution in [2.75, 3.05) is 12.0 Å². The number of primary amides is 1. The zero-order chi connectivity index (χ0) is 23.4. The molecule has 13 heteroatoms. The lowest BCUT2D eigenvalue weighted by Crippen LogP contribution is -2.57. The predicted molar refractivity (Wildman–Crippen MR) is 110 cm³/mol. The monoisotopic (exact) mass is 449 g/mol. The molecular weight excluding hydrogens is 418 g/mol. The van der Waals surface area contributed by atoms with Gasteiger partial charge < -0.3 is 37.6 Å². The minimum atomic E-state index is -1.56. The number of aliphatic hydroxyl groups excluding tert-OH is 1. The van der Waals surface area contributed by atoms with Gasteiger partial charge in [-0.15, -0.1) is 0 Å². The summed E-state index contributed by atoms with van der Waals surface area (Å²) >= 11 is 1.50. The number of nitrogens with two attached hydrogens (primary N) is 2. The highest BCUT2D eigenvalue weighted by atomic mass is 32.2. The summed E-state index contributed by atoms with van der Waals surface area (Å²) in [6.45, 7) is 2.49. The number of carbonyl (C=O) groups is 5. The van der Waals surface area contributed by atoms with Gasteiger partial charge in [-0.05, 0) is 38.7 Å². The first-order valence-corrected chi connectivity index (χ1v) is 10.6. The summed E-state index contributed by atoms with van der Waals surface area (Å²) in [6.07, 6.45) is 0.572. The average molecular weight is 450 g/mol. The van der Waals surface area contributed by atoms with E-state index in [2.05, 4.69) is 16.0 Å². The third-order valence-corrected chi connectivity index (χ3v) is 4.72. The third-order valence-electron chi connectivity index (χ3n) is 4.08. The number of nitrogens with one attached hydrogen (secondary N) is 3. The Bertz CT molecular complexity index is 632. The van der Waals surface area contributed by atoms with E-state index >= 15 is 0 Å². The van der Waals surface area contributed by atoms with Gasteiger partial charge in [-0.1, -0.05) is 0 Å². The zero-order valence-corrected chi connectivity index (χ0v) is 18.0. The fraction of sp³-hybridized carbons (Fsp3) is 0.706. The van der Waals surface area contributed by atoms with Gasteiger partial charge in [-0.2, -0.15) is 11.8 Å². The first-order valence-electron chi connectivity index (χ1n) is 9.25. The number of carboxylic acid groups (broad SMARTS) is 1. The molecule has 0 bridgehead atoms. The van der Waals surface area contributed by atoms with Gasteiger partial charge in [0.25, 0.3) is 0 Å². The lowest BCUT2D eigenvalue weighted by molar-refractivity contribution is -0.145. The second-order valence-corrected chi connectivity index (χ2v) is 7.74. The van der Waals surface area contributed by atoms with Crippen molar-refractivity contribution in [3.05, 3.63) is 0 Å². The van der Waals surface area contributed by atoms with Crippen LogP contribution in [-0.4, -0.2) is 82.1 Å². The number of thioether (sulfide) groups is 1. The zero-order valence-electron chi connectivity index (χ0n) is 17.2. The number of aliphatic hydroxyl groups is 1. The molecule has 0 heterocycles. The molecule has 30 heavy (non-hydrogen) atoms. The van der Waals surface area contributed by atoms with Gasteiger partial charge in [0.05, 0.1) is 12.1 Å². The van der Waals surface area contributed by atoms with Crippen LogP contribution in [0.1, 0.15) is 33.1 Å². The van der Waals surface area contributed by atoms with Crippen LogP contribution in [0.4, 0.5) is 0 Å². The summed E-state index contributed by atoms with van der Waals surface area (Å²) < 4.78 is 0. The lowest BCUT2D eigenvalue weighted by Gasteiger charge is -2.24. The van der Waals surface area contributed by atoms with Crippen molar-refractivity contribution >= 4 is 41.4 Å². The summed E-state index contributed by atoms with van der Waals surface area (Å²) in [4.78, 5) is 59.0. The van der Waals surface area contributed by atoms with Gasteiger partial charge >= 0.3 is 5.97 Å². The van der Waals surface area contributed by atoms with Crippen LogP contribution in [0.3, 0.4) is 0 Å². The van der Waals surface area contributed by atoms with Crippen molar-refractivity contribution in [1.29, 1.82) is 0 Å². The molecular formula is C17H31N5O7S. The average Bonchev–Trinajstić information content (AvgIpc) is 2.65. The molecule has 172 valence electrons. The second kappa shape index (κ2) is 13.8. The van der Waals surface area contributed by atoms with Gasteiger partial charge in [-0.25, -0.2) is 4.79 Å². The molecule has 4 amide bonds. The van der Waals surface area contributed by atoms with Crippen molar-refractivity contribution < 1.29 is 34.2 Å². The molecule has 0 aliphatic heterocycles. The summed E-state index contributed by atoms with van der Waals surface area (Å²) in [5.41, 5.74) is 10.9. The van der Waals surface area contributed by atoms with Gasteiger partial charge in [0.1, 0.15) is 12.1 Å². The standard InChI is InChI=1S/C17H31N5O7S/c1-8(14(25)22-13(9(2)23)17(28)29)20-16(27)11(4-5-12(19)24)21-15(26)10(18)6-7-30-3/h8-11,13,23H,4-7,18H2,1-3H3,(H2,19,24)(H,20,27)(H,21,26)(H,22,25)(H,28,29). The van der Waals surface area contributed by atoms with Crippen LogP contribution in [0.15, 0.2) is 0 Å². The molecule has 5 unspecified atom stereocenters. The Hall–Kier alpha value is -2.38.